The molecule has 0 spiro atoms. The molecule has 1 heterocycles. The van der Waals surface area contributed by atoms with Gasteiger partial charge in [-0.3, -0.25) is 0 Å². The molecule has 0 bridgehead atoms. The third kappa shape index (κ3) is 3.17. The maximum absolute atomic E-state index is 5.24. The first kappa shape index (κ1) is 12.6. The molecule has 7 heteroatoms. The number of nitrogens with zero attached hydrogens (tertiary/aromatic N) is 2. The van der Waals surface area contributed by atoms with E-state index in [9.17, 15) is 0 Å². The van der Waals surface area contributed by atoms with Crippen molar-refractivity contribution in [3.63, 3.8) is 0 Å². The van der Waals surface area contributed by atoms with Crippen molar-refractivity contribution in [1.29, 1.82) is 0 Å². The number of anilines is 1. The molecular weight excluding hydrogens is 195 g/mol. The van der Waals surface area contributed by atoms with Gasteiger partial charge in [0.05, 0.1) is 0 Å². The maximum atomic E-state index is 5.24. The number of hydrogen-bond acceptors (Lipinski definition) is 5. The van der Waals surface area contributed by atoms with Gasteiger partial charge >= 0.3 is 0 Å². The lowest BCUT2D eigenvalue weighted by Gasteiger charge is -1.76. The fraction of sp³-hybridized carbons (Fsp3) is 0.333. The van der Waals surface area contributed by atoms with Crippen LogP contribution in [-0.2, 0) is 6.54 Å². The second-order valence-corrected chi connectivity index (χ2v) is 2.33. The van der Waals surface area contributed by atoms with Gasteiger partial charge in [-0.1, -0.05) is 11.3 Å². The number of hydrogen-bond donors (Lipinski definition) is 2. The van der Waals surface area contributed by atoms with E-state index in [0.717, 1.165) is 5.01 Å². The highest BCUT2D eigenvalue weighted by Crippen LogP contribution is 2.08. The molecule has 4 N–H and O–H groups in total. The van der Waals surface area contributed by atoms with Crippen molar-refractivity contribution in [3.8, 4) is 0 Å². The van der Waals surface area contributed by atoms with Crippen LogP contribution in [0.25, 0.3) is 0 Å². The number of nitrogen functional groups attached to an aromatic ring is 1. The van der Waals surface area contributed by atoms with Gasteiger partial charge in [-0.2, -0.15) is 0 Å². The molecule has 1 aromatic heterocycles. The molecule has 1 rings (SSSR count). The lowest BCUT2D eigenvalue weighted by molar-refractivity contribution is 0.961. The van der Waals surface area contributed by atoms with Gasteiger partial charge in [-0.15, -0.1) is 35.0 Å². The van der Waals surface area contributed by atoms with Crippen LogP contribution in [0.2, 0.25) is 0 Å². The zero-order valence-corrected chi connectivity index (χ0v) is 7.43. The second-order valence-electron chi connectivity index (χ2n) is 1.24. The Labute approximate surface area is 74.8 Å². The van der Waals surface area contributed by atoms with Gasteiger partial charge in [0.25, 0.3) is 0 Å². The lowest BCUT2D eigenvalue weighted by atomic mass is 10.7. The molecule has 0 aliphatic rings. The molecule has 0 saturated carbocycles. The van der Waals surface area contributed by atoms with Crippen LogP contribution < -0.4 is 11.5 Å². The number of aromatic nitrogens is 2. The molecular formula is C3H8Cl2N4S. The summed E-state index contributed by atoms with van der Waals surface area (Å²) in [5.74, 6) is 0. The zero-order chi connectivity index (χ0) is 5.98. The Hall–Kier alpha value is -0.100. The Balaban J connectivity index is 0. The predicted molar refractivity (Wildman–Crippen MR) is 46.7 cm³/mol. The fourth-order valence-electron chi connectivity index (χ4n) is 0.349. The fourth-order valence-corrected chi connectivity index (χ4v) is 0.837. The van der Waals surface area contributed by atoms with Gasteiger partial charge in [0.2, 0.25) is 5.13 Å². The van der Waals surface area contributed by atoms with Crippen molar-refractivity contribution in [2.45, 2.75) is 6.54 Å². The Morgan fingerprint density at radius 3 is 2.10 bits per heavy atom. The third-order valence-corrected chi connectivity index (χ3v) is 1.43. The minimum Gasteiger partial charge on any atom is -0.374 e. The van der Waals surface area contributed by atoms with Crippen molar-refractivity contribution in [3.05, 3.63) is 5.01 Å². The normalized spacial score (nSPS) is 7.70. The van der Waals surface area contributed by atoms with Crippen LogP contribution in [-0.4, -0.2) is 10.2 Å². The Bertz CT molecular complexity index is 179. The van der Waals surface area contributed by atoms with Crippen molar-refractivity contribution >= 4 is 41.3 Å². The van der Waals surface area contributed by atoms with E-state index in [1.807, 2.05) is 0 Å². The predicted octanol–water partition coefficient (Wildman–Crippen LogP) is 0.423. The van der Waals surface area contributed by atoms with E-state index >= 15 is 0 Å². The van der Waals surface area contributed by atoms with Gasteiger partial charge in [0.1, 0.15) is 5.01 Å². The third-order valence-electron chi connectivity index (χ3n) is 0.657. The van der Waals surface area contributed by atoms with Crippen LogP contribution in [0.5, 0.6) is 0 Å². The minimum atomic E-state index is 0. The van der Waals surface area contributed by atoms with Crippen molar-refractivity contribution in [2.24, 2.45) is 5.73 Å². The maximum Gasteiger partial charge on any atom is 0.203 e. The number of nitrogens with two attached hydrogens (primary N) is 2. The van der Waals surface area contributed by atoms with Crippen LogP contribution in [0.3, 0.4) is 0 Å². The summed E-state index contributed by atoms with van der Waals surface area (Å²) in [5.41, 5.74) is 10.5. The van der Waals surface area contributed by atoms with E-state index in [4.69, 9.17) is 11.5 Å². The van der Waals surface area contributed by atoms with E-state index in [1.165, 1.54) is 11.3 Å². The highest BCUT2D eigenvalue weighted by Gasteiger charge is 1.94. The Morgan fingerprint density at radius 1 is 1.30 bits per heavy atom. The molecule has 0 aliphatic heterocycles. The standard InChI is InChI=1S/C3H6N4S.2ClH/c4-1-2-6-7-3(5)8-2;;/h1,4H2,(H2,5,7);2*1H. The summed E-state index contributed by atoms with van der Waals surface area (Å²) in [7, 11) is 0. The quantitative estimate of drug-likeness (QED) is 0.693. The number of halogens is 2. The van der Waals surface area contributed by atoms with Gasteiger partial charge in [-0.05, 0) is 0 Å². The lowest BCUT2D eigenvalue weighted by Crippen LogP contribution is -1.94. The molecule has 0 aliphatic carbocycles. The van der Waals surface area contributed by atoms with E-state index in [-0.39, 0.29) is 24.8 Å². The van der Waals surface area contributed by atoms with Gasteiger partial charge in [-0.25, -0.2) is 0 Å². The van der Waals surface area contributed by atoms with Gasteiger partial charge in [0, 0.05) is 6.54 Å². The van der Waals surface area contributed by atoms with Crippen LogP contribution in [0.1, 0.15) is 5.01 Å². The van der Waals surface area contributed by atoms with Crippen molar-refractivity contribution in [1.82, 2.24) is 10.2 Å². The van der Waals surface area contributed by atoms with Crippen molar-refractivity contribution < 1.29 is 0 Å². The largest absolute Gasteiger partial charge is 0.374 e. The average molecular weight is 203 g/mol. The minimum absolute atomic E-state index is 0. The molecule has 10 heavy (non-hydrogen) atoms. The molecule has 0 unspecified atom stereocenters. The molecule has 4 nitrogen and oxygen atoms in total. The summed E-state index contributed by atoms with van der Waals surface area (Å²) >= 11 is 1.32. The molecule has 1 aromatic rings. The Morgan fingerprint density at radius 2 is 1.90 bits per heavy atom. The van der Waals surface area contributed by atoms with Gasteiger partial charge in [0.15, 0.2) is 0 Å². The zero-order valence-electron chi connectivity index (χ0n) is 4.98. The van der Waals surface area contributed by atoms with Crippen LogP contribution in [0, 0.1) is 0 Å². The SMILES string of the molecule is Cl.Cl.NCc1nnc(N)s1. The van der Waals surface area contributed by atoms with E-state index in [1.54, 1.807) is 0 Å². The molecule has 0 radical (unpaired) electrons. The summed E-state index contributed by atoms with van der Waals surface area (Å²) in [6, 6.07) is 0. The van der Waals surface area contributed by atoms with Crippen LogP contribution >= 0.6 is 36.2 Å². The summed E-state index contributed by atoms with van der Waals surface area (Å²) in [6.07, 6.45) is 0. The topological polar surface area (TPSA) is 77.8 Å². The van der Waals surface area contributed by atoms with E-state index < -0.39 is 0 Å². The van der Waals surface area contributed by atoms with Gasteiger partial charge < -0.3 is 11.5 Å². The first-order valence-corrected chi connectivity index (χ1v) is 2.92. The molecule has 0 fully saturated rings. The Kier molecular flexibility index (Phi) is 7.12. The highest BCUT2D eigenvalue weighted by atomic mass is 35.5. The monoisotopic (exact) mass is 202 g/mol. The van der Waals surface area contributed by atoms with Crippen LogP contribution in [0.15, 0.2) is 0 Å². The number of rotatable bonds is 1. The summed E-state index contributed by atoms with van der Waals surface area (Å²) in [5, 5.41) is 8.46. The molecule has 0 aromatic carbocycles. The summed E-state index contributed by atoms with van der Waals surface area (Å²) < 4.78 is 0. The molecule has 60 valence electrons. The summed E-state index contributed by atoms with van der Waals surface area (Å²) in [6.45, 7) is 0.425. The smallest absolute Gasteiger partial charge is 0.203 e. The average Bonchev–Trinajstić information content (AvgIpc) is 2.14. The highest BCUT2D eigenvalue weighted by molar-refractivity contribution is 7.15. The first-order valence-electron chi connectivity index (χ1n) is 2.11. The summed E-state index contributed by atoms with van der Waals surface area (Å²) in [4.78, 5) is 0. The second kappa shape index (κ2) is 5.67. The molecule has 0 atom stereocenters. The van der Waals surface area contributed by atoms with Crippen LogP contribution in [0.4, 0.5) is 5.13 Å². The molecule has 0 amide bonds. The molecule has 0 saturated heterocycles. The van der Waals surface area contributed by atoms with Crippen molar-refractivity contribution in [2.75, 3.05) is 5.73 Å². The van der Waals surface area contributed by atoms with E-state index in [0.29, 0.717) is 11.7 Å². The van der Waals surface area contributed by atoms with E-state index in [2.05, 4.69) is 10.2 Å². The first-order chi connectivity index (χ1) is 3.83.